The second-order valence-corrected chi connectivity index (χ2v) is 20.0. The average Bonchev–Trinajstić information content (AvgIpc) is 3.23. The van der Waals surface area contributed by atoms with E-state index in [1.165, 1.54) is 135 Å². The third kappa shape index (κ3) is 47.7. The van der Waals surface area contributed by atoms with Gasteiger partial charge in [0.1, 0.15) is 19.8 Å². The van der Waals surface area contributed by atoms with Crippen LogP contribution in [0.1, 0.15) is 232 Å². The van der Waals surface area contributed by atoms with E-state index in [0.29, 0.717) is 23.9 Å². The number of likely N-dealkylation sites (N-methyl/N-ethyl adjacent to an activating group) is 1. The molecule has 0 aromatic carbocycles. The molecule has 9 nitrogen and oxygen atoms in total. The van der Waals surface area contributed by atoms with Crippen molar-refractivity contribution in [1.29, 1.82) is 0 Å². The molecule has 0 rings (SSSR count). The average molecular weight is 897 g/mol. The predicted molar refractivity (Wildman–Crippen MR) is 261 cm³/mol. The summed E-state index contributed by atoms with van der Waals surface area (Å²) in [7, 11) is 1.46. The first kappa shape index (κ1) is 60.2. The molecule has 1 unspecified atom stereocenters. The zero-order chi connectivity index (χ0) is 45.7. The van der Waals surface area contributed by atoms with Gasteiger partial charge in [-0.1, -0.05) is 185 Å². The Bertz CT molecular complexity index is 1150. The lowest BCUT2D eigenvalue weighted by Crippen LogP contribution is -2.37. The first-order valence-corrected chi connectivity index (χ1v) is 27.2. The highest BCUT2D eigenvalue weighted by Crippen LogP contribution is 2.43. The zero-order valence-corrected chi connectivity index (χ0v) is 42.0. The molecule has 0 spiro atoms. The Morgan fingerprint density at radius 3 is 1.29 bits per heavy atom. The topological polar surface area (TPSA) is 108 Å². The van der Waals surface area contributed by atoms with Crippen molar-refractivity contribution in [2.24, 2.45) is 0 Å². The molecule has 62 heavy (non-hydrogen) atoms. The monoisotopic (exact) mass is 897 g/mol. The van der Waals surface area contributed by atoms with E-state index >= 15 is 0 Å². The van der Waals surface area contributed by atoms with Crippen LogP contribution in [0, 0.1) is 0 Å². The van der Waals surface area contributed by atoms with E-state index in [2.05, 4.69) is 50.3 Å². The Morgan fingerprint density at radius 2 is 0.855 bits per heavy atom. The minimum Gasteiger partial charge on any atom is -0.462 e. The summed E-state index contributed by atoms with van der Waals surface area (Å²) in [5, 5.41) is 0. The summed E-state index contributed by atoms with van der Waals surface area (Å²) in [6.07, 6.45) is 52.1. The number of hydrogen-bond acceptors (Lipinski definition) is 7. The molecule has 0 aliphatic heterocycles. The minimum atomic E-state index is -4.39. The van der Waals surface area contributed by atoms with Gasteiger partial charge in [-0.25, -0.2) is 4.57 Å². The fourth-order valence-electron chi connectivity index (χ4n) is 7.09. The highest BCUT2D eigenvalue weighted by atomic mass is 31.2. The van der Waals surface area contributed by atoms with E-state index in [0.717, 1.165) is 57.8 Å². The molecule has 0 aliphatic rings. The van der Waals surface area contributed by atoms with E-state index < -0.39 is 32.5 Å². The molecule has 0 saturated heterocycles. The molecule has 2 atom stereocenters. The molecule has 0 saturated carbocycles. The van der Waals surface area contributed by atoms with Crippen molar-refractivity contribution >= 4 is 19.8 Å². The Balaban J connectivity index is 4.27. The minimum absolute atomic E-state index is 0.0247. The van der Waals surface area contributed by atoms with Gasteiger partial charge in [-0.3, -0.25) is 18.6 Å². The largest absolute Gasteiger partial charge is 0.472 e. The second-order valence-electron chi connectivity index (χ2n) is 18.5. The molecular weight excluding hydrogens is 798 g/mol. The van der Waals surface area contributed by atoms with Crippen molar-refractivity contribution in [3.8, 4) is 0 Å². The standard InChI is InChI=1S/C52H98NO8P/c1-6-8-10-12-14-16-18-20-22-23-24-25-26-27-28-29-31-32-34-36-38-40-42-44-51(54)58-48-50(49-60-62(56,57)59-47-46-53(3,4)5)61-52(55)45-43-41-39-37-35-33-30-21-19-17-15-13-11-9-7-2/h21,29-31,36,38,50H,6-20,22-28,32-35,37,39-49H2,1-5H3/p+1/b30-21+,31-29+,38-36+/t50-/m0/s1. The first-order valence-electron chi connectivity index (χ1n) is 25.7. The molecule has 1 N–H and O–H groups in total. The van der Waals surface area contributed by atoms with Gasteiger partial charge in [-0.15, -0.1) is 0 Å². The molecule has 0 aromatic rings. The van der Waals surface area contributed by atoms with Gasteiger partial charge >= 0.3 is 19.8 Å². The zero-order valence-electron chi connectivity index (χ0n) is 41.1. The molecular formula is C52H99NO8P+. The molecule has 0 amide bonds. The highest BCUT2D eigenvalue weighted by Gasteiger charge is 2.27. The summed E-state index contributed by atoms with van der Waals surface area (Å²) in [6.45, 7) is 4.39. The van der Waals surface area contributed by atoms with Gasteiger partial charge < -0.3 is 18.9 Å². The Morgan fingerprint density at radius 1 is 0.484 bits per heavy atom. The maximum Gasteiger partial charge on any atom is 0.472 e. The number of nitrogens with zero attached hydrogens (tertiary/aromatic N) is 1. The number of phosphoric ester groups is 1. The number of quaternary nitrogens is 1. The van der Waals surface area contributed by atoms with Gasteiger partial charge in [0.25, 0.3) is 0 Å². The van der Waals surface area contributed by atoms with Crippen LogP contribution in [0.3, 0.4) is 0 Å². The normalized spacial score (nSPS) is 13.7. The molecule has 0 aromatic heterocycles. The molecule has 364 valence electrons. The van der Waals surface area contributed by atoms with Gasteiger partial charge in [-0.2, -0.15) is 0 Å². The van der Waals surface area contributed by atoms with E-state index in [1.54, 1.807) is 0 Å². The SMILES string of the molecule is CCCCCCCC/C=C/CCCCCCCC(=O)O[C@@H](COC(=O)CCC/C=C/CC/C=C/CCCCCCCCCCCCCCCC)COP(=O)(O)OCC[N+](C)(C)C. The van der Waals surface area contributed by atoms with Gasteiger partial charge in [0.05, 0.1) is 27.7 Å². The summed E-state index contributed by atoms with van der Waals surface area (Å²) in [5.74, 6) is -0.852. The summed E-state index contributed by atoms with van der Waals surface area (Å²) in [6, 6.07) is 0. The molecule has 0 fully saturated rings. The van der Waals surface area contributed by atoms with Crippen molar-refractivity contribution in [2.45, 2.75) is 238 Å². The quantitative estimate of drug-likeness (QED) is 0.0212. The number of allylic oxidation sites excluding steroid dienone is 6. The number of unbranched alkanes of at least 4 members (excludes halogenated alkanes) is 27. The Kier molecular flexibility index (Phi) is 43.2. The lowest BCUT2D eigenvalue weighted by molar-refractivity contribution is -0.870. The second kappa shape index (κ2) is 44.4. The van der Waals surface area contributed by atoms with Crippen LogP contribution in [0.4, 0.5) is 0 Å². The fourth-order valence-corrected chi connectivity index (χ4v) is 7.83. The van der Waals surface area contributed by atoms with Crippen molar-refractivity contribution in [2.75, 3.05) is 47.5 Å². The highest BCUT2D eigenvalue weighted by molar-refractivity contribution is 7.47. The lowest BCUT2D eigenvalue weighted by atomic mass is 10.0. The number of carbonyl (C=O) groups is 2. The van der Waals surface area contributed by atoms with Crippen LogP contribution in [0.5, 0.6) is 0 Å². The number of esters is 2. The van der Waals surface area contributed by atoms with Crippen LogP contribution in [0.15, 0.2) is 36.5 Å². The van der Waals surface area contributed by atoms with Crippen molar-refractivity contribution in [3.63, 3.8) is 0 Å². The molecule has 0 aliphatic carbocycles. The number of carbonyl (C=O) groups excluding carboxylic acids is 2. The van der Waals surface area contributed by atoms with Crippen LogP contribution in [-0.2, 0) is 32.7 Å². The van der Waals surface area contributed by atoms with E-state index in [-0.39, 0.29) is 26.1 Å². The molecule has 0 bridgehead atoms. The number of rotatable bonds is 47. The number of phosphoric acid groups is 1. The van der Waals surface area contributed by atoms with Crippen LogP contribution in [0.2, 0.25) is 0 Å². The molecule has 0 heterocycles. The summed E-state index contributed by atoms with van der Waals surface area (Å²) in [4.78, 5) is 35.5. The van der Waals surface area contributed by atoms with Crippen LogP contribution < -0.4 is 0 Å². The van der Waals surface area contributed by atoms with E-state index in [1.807, 2.05) is 21.1 Å². The number of ether oxygens (including phenoxy) is 2. The summed E-state index contributed by atoms with van der Waals surface area (Å²) in [5.41, 5.74) is 0. The van der Waals surface area contributed by atoms with Crippen molar-refractivity contribution in [3.05, 3.63) is 36.5 Å². The summed E-state index contributed by atoms with van der Waals surface area (Å²) >= 11 is 0. The van der Waals surface area contributed by atoms with Gasteiger partial charge in [0.15, 0.2) is 6.10 Å². The van der Waals surface area contributed by atoms with Gasteiger partial charge in [-0.05, 0) is 70.6 Å². The lowest BCUT2D eigenvalue weighted by Gasteiger charge is -2.24. The van der Waals surface area contributed by atoms with Gasteiger partial charge in [0, 0.05) is 12.8 Å². The van der Waals surface area contributed by atoms with Gasteiger partial charge in [0.2, 0.25) is 0 Å². The number of hydrogen-bond donors (Lipinski definition) is 1. The van der Waals surface area contributed by atoms with Crippen molar-refractivity contribution < 1.29 is 42.1 Å². The van der Waals surface area contributed by atoms with Crippen LogP contribution in [0.25, 0.3) is 0 Å². The molecule has 10 heteroatoms. The predicted octanol–water partition coefficient (Wildman–Crippen LogP) is 15.3. The Labute approximate surface area is 382 Å². The first-order chi connectivity index (χ1) is 30.0. The maximum absolute atomic E-state index is 12.7. The molecule has 0 radical (unpaired) electrons. The third-order valence-electron chi connectivity index (χ3n) is 11.1. The third-order valence-corrected chi connectivity index (χ3v) is 12.1. The van der Waals surface area contributed by atoms with E-state index in [9.17, 15) is 19.0 Å². The maximum atomic E-state index is 12.7. The van der Waals surface area contributed by atoms with Crippen LogP contribution in [-0.4, -0.2) is 74.9 Å². The van der Waals surface area contributed by atoms with Crippen molar-refractivity contribution in [1.82, 2.24) is 0 Å². The smallest absolute Gasteiger partial charge is 0.462 e. The van der Waals surface area contributed by atoms with Crippen LogP contribution >= 0.6 is 7.82 Å². The van der Waals surface area contributed by atoms with E-state index in [4.69, 9.17) is 18.5 Å². The summed E-state index contributed by atoms with van der Waals surface area (Å²) < 4.78 is 34.4. The fraction of sp³-hybridized carbons (Fsp3) is 0.846. The Hall–Kier alpha value is -1.77.